The lowest BCUT2D eigenvalue weighted by atomic mass is 10.2. The third-order valence-electron chi connectivity index (χ3n) is 2.59. The first kappa shape index (κ1) is 15.7. The van der Waals surface area contributed by atoms with Crippen LogP contribution in [0.1, 0.15) is 16.1 Å². The molecular formula is C14H13ClN4O3. The number of methoxy groups -OCH3 is 2. The van der Waals surface area contributed by atoms with Crippen molar-refractivity contribution in [2.24, 2.45) is 5.10 Å². The number of nitrogens with zero attached hydrogens (tertiary/aromatic N) is 3. The van der Waals surface area contributed by atoms with Gasteiger partial charge in [-0.25, -0.2) is 10.4 Å². The highest BCUT2D eigenvalue weighted by Gasteiger charge is 2.07. The van der Waals surface area contributed by atoms with Gasteiger partial charge in [-0.15, -0.1) is 0 Å². The molecule has 8 heteroatoms. The summed E-state index contributed by atoms with van der Waals surface area (Å²) in [5, 5.41) is 3.99. The number of aromatic nitrogens is 2. The molecule has 0 aliphatic rings. The number of carbonyl (C=O) groups is 1. The van der Waals surface area contributed by atoms with Crippen molar-refractivity contribution in [3.63, 3.8) is 0 Å². The van der Waals surface area contributed by atoms with E-state index >= 15 is 0 Å². The predicted molar refractivity (Wildman–Crippen MR) is 81.6 cm³/mol. The molecule has 0 radical (unpaired) electrons. The van der Waals surface area contributed by atoms with Crippen molar-refractivity contribution in [3.8, 4) is 11.5 Å². The van der Waals surface area contributed by atoms with Gasteiger partial charge in [-0.05, 0) is 12.1 Å². The van der Waals surface area contributed by atoms with Gasteiger partial charge in [0, 0.05) is 11.6 Å². The molecule has 1 amide bonds. The largest absolute Gasteiger partial charge is 0.497 e. The number of amides is 1. The van der Waals surface area contributed by atoms with E-state index in [1.165, 1.54) is 18.6 Å². The van der Waals surface area contributed by atoms with Crippen LogP contribution < -0.4 is 14.9 Å². The van der Waals surface area contributed by atoms with Crippen molar-refractivity contribution in [1.29, 1.82) is 0 Å². The van der Waals surface area contributed by atoms with Gasteiger partial charge in [0.2, 0.25) is 0 Å². The highest BCUT2D eigenvalue weighted by molar-refractivity contribution is 6.29. The molecule has 1 aromatic carbocycles. The van der Waals surface area contributed by atoms with Crippen LogP contribution in [-0.4, -0.2) is 36.3 Å². The van der Waals surface area contributed by atoms with Crippen molar-refractivity contribution in [2.75, 3.05) is 14.2 Å². The average Bonchev–Trinajstić information content (AvgIpc) is 2.54. The normalized spacial score (nSPS) is 10.5. The van der Waals surface area contributed by atoms with Crippen LogP contribution in [0.4, 0.5) is 0 Å². The van der Waals surface area contributed by atoms with Crippen molar-refractivity contribution in [1.82, 2.24) is 15.4 Å². The molecule has 2 rings (SSSR count). The SMILES string of the molecule is COc1cc(/C=N/NC(=O)c2cncc(Cl)n2)cc(OC)c1. The lowest BCUT2D eigenvalue weighted by molar-refractivity contribution is 0.0949. The van der Waals surface area contributed by atoms with Crippen molar-refractivity contribution < 1.29 is 14.3 Å². The molecule has 0 fully saturated rings. The fourth-order valence-electron chi connectivity index (χ4n) is 1.58. The summed E-state index contributed by atoms with van der Waals surface area (Å²) in [4.78, 5) is 19.4. The van der Waals surface area contributed by atoms with Crippen molar-refractivity contribution in [2.45, 2.75) is 0 Å². The van der Waals surface area contributed by atoms with E-state index in [0.29, 0.717) is 17.1 Å². The van der Waals surface area contributed by atoms with Crippen LogP contribution in [0.25, 0.3) is 0 Å². The number of nitrogens with one attached hydrogen (secondary N) is 1. The zero-order chi connectivity index (χ0) is 15.9. The number of hydrogen-bond donors (Lipinski definition) is 1. The summed E-state index contributed by atoms with van der Waals surface area (Å²) in [5.74, 6) is 0.724. The summed E-state index contributed by atoms with van der Waals surface area (Å²) < 4.78 is 10.3. The third-order valence-corrected chi connectivity index (χ3v) is 2.77. The Bertz CT molecular complexity index is 684. The van der Waals surface area contributed by atoms with Gasteiger partial charge in [0.25, 0.3) is 5.91 Å². The minimum atomic E-state index is -0.513. The molecule has 0 aliphatic carbocycles. The molecule has 22 heavy (non-hydrogen) atoms. The maximum atomic E-state index is 11.8. The van der Waals surface area contributed by atoms with Gasteiger partial charge in [0.05, 0.1) is 32.8 Å². The lowest BCUT2D eigenvalue weighted by Crippen LogP contribution is -2.19. The Morgan fingerprint density at radius 2 is 1.91 bits per heavy atom. The van der Waals surface area contributed by atoms with Crippen LogP contribution in [0.2, 0.25) is 5.15 Å². The Balaban J connectivity index is 2.07. The zero-order valence-electron chi connectivity index (χ0n) is 11.9. The summed E-state index contributed by atoms with van der Waals surface area (Å²) in [6.07, 6.45) is 4.09. The number of halogens is 1. The number of hydrogen-bond acceptors (Lipinski definition) is 6. The number of carbonyl (C=O) groups excluding carboxylic acids is 1. The minimum absolute atomic E-state index is 0.0767. The number of benzene rings is 1. The molecule has 2 aromatic rings. The molecule has 1 heterocycles. The van der Waals surface area contributed by atoms with Crippen molar-refractivity contribution in [3.05, 3.63) is 47.0 Å². The molecular weight excluding hydrogens is 308 g/mol. The van der Waals surface area contributed by atoms with E-state index in [-0.39, 0.29) is 10.8 Å². The monoisotopic (exact) mass is 320 g/mol. The molecule has 1 N–H and O–H groups in total. The van der Waals surface area contributed by atoms with Gasteiger partial charge in [-0.1, -0.05) is 11.6 Å². The number of rotatable bonds is 5. The fourth-order valence-corrected chi connectivity index (χ4v) is 1.73. The second kappa shape index (κ2) is 7.37. The third kappa shape index (κ3) is 4.16. The summed E-state index contributed by atoms with van der Waals surface area (Å²) in [6.45, 7) is 0. The highest BCUT2D eigenvalue weighted by Crippen LogP contribution is 2.21. The maximum absolute atomic E-state index is 11.8. The molecule has 0 spiro atoms. The Morgan fingerprint density at radius 1 is 1.23 bits per heavy atom. The van der Waals surface area contributed by atoms with Crippen LogP contribution in [0.15, 0.2) is 35.7 Å². The first-order chi connectivity index (χ1) is 10.6. The first-order valence-electron chi connectivity index (χ1n) is 6.16. The second-order valence-electron chi connectivity index (χ2n) is 4.07. The van der Waals surface area contributed by atoms with E-state index < -0.39 is 5.91 Å². The van der Waals surface area contributed by atoms with Gasteiger partial charge >= 0.3 is 0 Å². The van der Waals surface area contributed by atoms with Gasteiger partial charge in [-0.3, -0.25) is 9.78 Å². The van der Waals surface area contributed by atoms with Crippen LogP contribution in [0.5, 0.6) is 11.5 Å². The topological polar surface area (TPSA) is 85.7 Å². The maximum Gasteiger partial charge on any atom is 0.291 e. The fraction of sp³-hybridized carbons (Fsp3) is 0.143. The van der Waals surface area contributed by atoms with E-state index in [1.54, 1.807) is 32.4 Å². The molecule has 0 saturated heterocycles. The standard InChI is InChI=1S/C14H13ClN4O3/c1-21-10-3-9(4-11(5-10)22-2)6-17-19-14(20)12-7-16-8-13(15)18-12/h3-8H,1-2H3,(H,19,20)/b17-6+. The second-order valence-corrected chi connectivity index (χ2v) is 4.46. The van der Waals surface area contributed by atoms with E-state index in [4.69, 9.17) is 21.1 Å². The number of hydrazone groups is 1. The van der Waals surface area contributed by atoms with Crippen LogP contribution in [-0.2, 0) is 0 Å². The smallest absolute Gasteiger partial charge is 0.291 e. The molecule has 114 valence electrons. The predicted octanol–water partition coefficient (Wildman–Crippen LogP) is 1.91. The van der Waals surface area contributed by atoms with Gasteiger partial charge in [0.15, 0.2) is 0 Å². The van der Waals surface area contributed by atoms with Gasteiger partial charge in [-0.2, -0.15) is 5.10 Å². The van der Waals surface area contributed by atoms with E-state index in [1.807, 2.05) is 0 Å². The van der Waals surface area contributed by atoms with Crippen LogP contribution >= 0.6 is 11.6 Å². The van der Waals surface area contributed by atoms with Crippen LogP contribution in [0, 0.1) is 0 Å². The average molecular weight is 321 g/mol. The van der Waals surface area contributed by atoms with Gasteiger partial charge < -0.3 is 9.47 Å². The summed E-state index contributed by atoms with van der Waals surface area (Å²) >= 11 is 5.67. The molecule has 0 bridgehead atoms. The lowest BCUT2D eigenvalue weighted by Gasteiger charge is -2.05. The number of ether oxygens (including phenoxy) is 2. The molecule has 0 atom stereocenters. The summed E-state index contributed by atoms with van der Waals surface area (Å²) in [7, 11) is 3.10. The first-order valence-corrected chi connectivity index (χ1v) is 6.54. The Kier molecular flexibility index (Phi) is 5.26. The molecule has 0 unspecified atom stereocenters. The summed E-state index contributed by atoms with van der Waals surface area (Å²) in [6, 6.07) is 5.23. The molecule has 0 saturated carbocycles. The Labute approximate surface area is 131 Å². The molecule has 1 aromatic heterocycles. The highest BCUT2D eigenvalue weighted by atomic mass is 35.5. The van der Waals surface area contributed by atoms with Crippen molar-refractivity contribution >= 4 is 23.7 Å². The van der Waals surface area contributed by atoms with E-state index in [0.717, 1.165) is 0 Å². The zero-order valence-corrected chi connectivity index (χ0v) is 12.7. The van der Waals surface area contributed by atoms with E-state index in [2.05, 4.69) is 20.5 Å². The summed E-state index contributed by atoms with van der Waals surface area (Å²) in [5.41, 5.74) is 3.12. The van der Waals surface area contributed by atoms with E-state index in [9.17, 15) is 4.79 Å². The Morgan fingerprint density at radius 3 is 2.50 bits per heavy atom. The quantitative estimate of drug-likeness (QED) is 0.672. The van der Waals surface area contributed by atoms with Crippen LogP contribution in [0.3, 0.4) is 0 Å². The molecule has 0 aliphatic heterocycles. The van der Waals surface area contributed by atoms with Gasteiger partial charge in [0.1, 0.15) is 22.3 Å². The molecule has 7 nitrogen and oxygen atoms in total. The Hall–Kier alpha value is -2.67. The minimum Gasteiger partial charge on any atom is -0.497 e.